The van der Waals surface area contributed by atoms with Crippen LogP contribution in [0.15, 0.2) is 115 Å². The zero-order chi connectivity index (χ0) is 30.8. The molecule has 0 spiro atoms. The summed E-state index contributed by atoms with van der Waals surface area (Å²) in [5.41, 5.74) is 12.2. The van der Waals surface area contributed by atoms with Gasteiger partial charge in [0.1, 0.15) is 0 Å². The molecule has 0 aliphatic heterocycles. The van der Waals surface area contributed by atoms with Crippen LogP contribution in [0.2, 0.25) is 0 Å². The van der Waals surface area contributed by atoms with Crippen LogP contribution in [-0.2, 0) is 0 Å². The highest BCUT2D eigenvalue weighted by atomic mass is 15.1. The van der Waals surface area contributed by atoms with Crippen LogP contribution in [0.4, 0.5) is 5.69 Å². The average Bonchev–Trinajstić information content (AvgIpc) is 3.56. The Balaban J connectivity index is 1.59. The Hall–Kier alpha value is -6.10. The molecule has 0 bridgehead atoms. The molecule has 0 radical (unpaired) electrons. The SMILES string of the molecule is [C-]#[N+]c1cc(C)ccc1-c1cc(-n2c3ccccc3c3cc(C)ccc32)c(-n2c3ccccc3c3cc(C)ccc32)cc1C#N. The maximum Gasteiger partial charge on any atom is 0.195 e. The highest BCUT2D eigenvalue weighted by Crippen LogP contribution is 2.42. The van der Waals surface area contributed by atoms with E-state index in [0.29, 0.717) is 11.3 Å². The number of nitrogens with zero attached hydrogens (tertiary/aromatic N) is 4. The van der Waals surface area contributed by atoms with Crippen molar-refractivity contribution in [1.29, 1.82) is 5.26 Å². The molecule has 0 atom stereocenters. The third-order valence-electron chi connectivity index (χ3n) is 8.94. The summed E-state index contributed by atoms with van der Waals surface area (Å²) < 4.78 is 4.62. The molecule has 0 aliphatic carbocycles. The molecule has 0 N–H and O–H groups in total. The fourth-order valence-corrected chi connectivity index (χ4v) is 6.90. The zero-order valence-electron chi connectivity index (χ0n) is 25.3. The highest BCUT2D eigenvalue weighted by Gasteiger charge is 2.23. The van der Waals surface area contributed by atoms with Crippen molar-refractivity contribution in [2.75, 3.05) is 0 Å². The maximum atomic E-state index is 10.6. The number of hydrogen-bond donors (Lipinski definition) is 0. The Morgan fingerprint density at radius 1 is 0.533 bits per heavy atom. The third-order valence-corrected chi connectivity index (χ3v) is 8.94. The fraction of sp³-hybridized carbons (Fsp3) is 0.0732. The van der Waals surface area contributed by atoms with Crippen LogP contribution in [0.25, 0.3) is 71.0 Å². The summed E-state index contributed by atoms with van der Waals surface area (Å²) in [4.78, 5) is 3.88. The monoisotopic (exact) mass is 576 g/mol. The van der Waals surface area contributed by atoms with Crippen LogP contribution in [0.5, 0.6) is 0 Å². The molecule has 2 aromatic heterocycles. The Bertz CT molecular complexity index is 2600. The molecular formula is C41H28N4. The fourth-order valence-electron chi connectivity index (χ4n) is 6.90. The van der Waals surface area contributed by atoms with E-state index in [2.05, 4.69) is 125 Å². The van der Waals surface area contributed by atoms with Crippen LogP contribution < -0.4 is 0 Å². The molecule has 0 saturated carbocycles. The lowest BCUT2D eigenvalue weighted by atomic mass is 9.95. The van der Waals surface area contributed by atoms with Crippen LogP contribution in [0, 0.1) is 38.7 Å². The molecule has 4 heteroatoms. The zero-order valence-corrected chi connectivity index (χ0v) is 25.3. The van der Waals surface area contributed by atoms with E-state index in [-0.39, 0.29) is 0 Å². The van der Waals surface area contributed by atoms with Gasteiger partial charge in [0.2, 0.25) is 0 Å². The topological polar surface area (TPSA) is 38.0 Å². The summed E-state index contributed by atoms with van der Waals surface area (Å²) in [6.07, 6.45) is 0. The van der Waals surface area contributed by atoms with E-state index in [9.17, 15) is 5.26 Å². The van der Waals surface area contributed by atoms with E-state index in [1.165, 1.54) is 27.3 Å². The Morgan fingerprint density at radius 3 is 1.58 bits per heavy atom. The number of hydrogen-bond acceptors (Lipinski definition) is 1. The molecular weight excluding hydrogens is 548 g/mol. The van der Waals surface area contributed by atoms with Gasteiger partial charge in [-0.25, -0.2) is 4.85 Å². The number of aromatic nitrogens is 2. The molecule has 6 aromatic carbocycles. The molecule has 0 saturated heterocycles. The molecule has 8 rings (SSSR count). The van der Waals surface area contributed by atoms with Gasteiger partial charge in [-0.3, -0.25) is 0 Å². The van der Waals surface area contributed by atoms with Gasteiger partial charge < -0.3 is 9.13 Å². The van der Waals surface area contributed by atoms with Gasteiger partial charge in [0.15, 0.2) is 5.69 Å². The Morgan fingerprint density at radius 2 is 1.02 bits per heavy atom. The van der Waals surface area contributed by atoms with Crippen molar-refractivity contribution in [2.45, 2.75) is 20.8 Å². The molecule has 0 amide bonds. The van der Waals surface area contributed by atoms with Crippen LogP contribution in [-0.4, -0.2) is 9.13 Å². The largest absolute Gasteiger partial charge is 0.307 e. The summed E-state index contributed by atoms with van der Waals surface area (Å²) in [7, 11) is 0. The van der Waals surface area contributed by atoms with Gasteiger partial charge in [-0.2, -0.15) is 5.26 Å². The molecule has 0 unspecified atom stereocenters. The molecule has 212 valence electrons. The number of fused-ring (bicyclic) bond motifs is 6. The van der Waals surface area contributed by atoms with E-state index in [1.807, 2.05) is 31.2 Å². The van der Waals surface area contributed by atoms with Gasteiger partial charge in [0.05, 0.1) is 51.6 Å². The standard InChI is InChI=1S/C41H28N4/c1-25-14-17-38-33(19-25)30-9-5-7-11-36(30)44(38)40-22-28(24-42)32(29-16-13-27(3)21-35(29)43-4)23-41(40)45-37-12-8-6-10-31(37)34-20-26(2)15-18-39(34)45/h5-23H,1-3H3. The number of benzene rings is 6. The van der Waals surface area contributed by atoms with Crippen molar-refractivity contribution in [1.82, 2.24) is 9.13 Å². The molecule has 45 heavy (non-hydrogen) atoms. The Labute approximate surface area is 261 Å². The van der Waals surface area contributed by atoms with Crippen LogP contribution in [0.3, 0.4) is 0 Å². The lowest BCUT2D eigenvalue weighted by Gasteiger charge is -2.20. The van der Waals surface area contributed by atoms with Crippen molar-refractivity contribution in [3.8, 4) is 28.6 Å². The smallest absolute Gasteiger partial charge is 0.195 e. The highest BCUT2D eigenvalue weighted by molar-refractivity contribution is 6.12. The molecule has 2 heterocycles. The third kappa shape index (κ3) is 3.97. The van der Waals surface area contributed by atoms with Crippen molar-refractivity contribution in [3.05, 3.63) is 149 Å². The number of para-hydroxylation sites is 2. The van der Waals surface area contributed by atoms with Crippen molar-refractivity contribution in [3.63, 3.8) is 0 Å². The minimum absolute atomic E-state index is 0.525. The summed E-state index contributed by atoms with van der Waals surface area (Å²) in [6, 6.07) is 42.7. The average molecular weight is 577 g/mol. The van der Waals surface area contributed by atoms with Crippen LogP contribution >= 0.6 is 0 Å². The summed E-state index contributed by atoms with van der Waals surface area (Å²) in [5.74, 6) is 0. The normalized spacial score (nSPS) is 11.4. The lowest BCUT2D eigenvalue weighted by molar-refractivity contribution is 1.09. The van der Waals surface area contributed by atoms with Crippen molar-refractivity contribution < 1.29 is 0 Å². The van der Waals surface area contributed by atoms with Gasteiger partial charge in [-0.15, -0.1) is 0 Å². The maximum absolute atomic E-state index is 10.6. The molecule has 0 aliphatic rings. The predicted molar refractivity (Wildman–Crippen MR) is 186 cm³/mol. The lowest BCUT2D eigenvalue weighted by Crippen LogP contribution is -2.05. The number of rotatable bonds is 3. The quantitative estimate of drug-likeness (QED) is 0.193. The van der Waals surface area contributed by atoms with E-state index in [0.717, 1.165) is 55.5 Å². The molecule has 4 nitrogen and oxygen atoms in total. The second-order valence-electron chi connectivity index (χ2n) is 11.9. The first-order chi connectivity index (χ1) is 22.0. The first kappa shape index (κ1) is 26.5. The summed E-state index contributed by atoms with van der Waals surface area (Å²) in [6.45, 7) is 14.2. The Kier molecular flexibility index (Phi) is 5.88. The van der Waals surface area contributed by atoms with Gasteiger partial charge in [-0.1, -0.05) is 83.4 Å². The van der Waals surface area contributed by atoms with E-state index < -0.39 is 0 Å². The number of nitriles is 1. The number of aryl methyl sites for hydroxylation is 3. The van der Waals surface area contributed by atoms with Gasteiger partial charge >= 0.3 is 0 Å². The van der Waals surface area contributed by atoms with Gasteiger partial charge in [-0.05, 0) is 80.4 Å². The summed E-state index contributed by atoms with van der Waals surface area (Å²) in [5, 5.41) is 15.3. The van der Waals surface area contributed by atoms with E-state index in [4.69, 9.17) is 6.57 Å². The van der Waals surface area contributed by atoms with E-state index in [1.54, 1.807) is 0 Å². The second-order valence-corrected chi connectivity index (χ2v) is 11.9. The predicted octanol–water partition coefficient (Wildman–Crippen LogP) is 10.9. The second kappa shape index (κ2) is 9.98. The van der Waals surface area contributed by atoms with Crippen molar-refractivity contribution in [2.24, 2.45) is 0 Å². The van der Waals surface area contributed by atoms with Gasteiger partial charge in [0, 0.05) is 21.5 Å². The first-order valence-corrected chi connectivity index (χ1v) is 15.0. The molecule has 8 aromatic rings. The minimum Gasteiger partial charge on any atom is -0.307 e. The van der Waals surface area contributed by atoms with E-state index >= 15 is 0 Å². The van der Waals surface area contributed by atoms with Crippen LogP contribution in [0.1, 0.15) is 22.3 Å². The first-order valence-electron chi connectivity index (χ1n) is 15.0. The minimum atomic E-state index is 0.525. The molecule has 0 fully saturated rings. The summed E-state index contributed by atoms with van der Waals surface area (Å²) >= 11 is 0. The van der Waals surface area contributed by atoms with Crippen molar-refractivity contribution >= 4 is 49.3 Å². The van der Waals surface area contributed by atoms with Gasteiger partial charge in [0.25, 0.3) is 0 Å².